The molecule has 0 spiro atoms. The number of hydrogen-bond acceptors (Lipinski definition) is 1. The Hall–Kier alpha value is 0.297. The van der Waals surface area contributed by atoms with Gasteiger partial charge in [0.25, 0.3) is 0 Å². The second-order valence-corrected chi connectivity index (χ2v) is 2.20. The molecule has 0 aliphatic rings. The summed E-state index contributed by atoms with van der Waals surface area (Å²) in [5, 5.41) is 9.94. The average Bonchev–Trinajstić information content (AvgIpc) is 1.89. The Morgan fingerprint density at radius 1 is 1.10 bits per heavy atom. The van der Waals surface area contributed by atoms with E-state index in [1.54, 1.807) is 0 Å². The van der Waals surface area contributed by atoms with Gasteiger partial charge in [0.15, 0.2) is 0 Å². The predicted molar refractivity (Wildman–Crippen MR) is 38.1 cm³/mol. The van der Waals surface area contributed by atoms with Crippen molar-refractivity contribution in [2.24, 2.45) is 0 Å². The van der Waals surface area contributed by atoms with Crippen molar-refractivity contribution in [3.05, 3.63) is 12.7 Å². The van der Waals surface area contributed by atoms with Crippen LogP contribution in [0.4, 0.5) is 0 Å². The van der Waals surface area contributed by atoms with E-state index in [4.69, 9.17) is 0 Å². The molecule has 0 heterocycles. The molecule has 0 aliphatic heterocycles. The summed E-state index contributed by atoms with van der Waals surface area (Å²) in [6, 6.07) is 0. The molecule has 0 atom stereocenters. The monoisotopic (exact) mass is 134 g/mol. The fourth-order valence-corrected chi connectivity index (χ4v) is 0.744. The first kappa shape index (κ1) is 12.9. The van der Waals surface area contributed by atoms with Crippen LogP contribution in [0.15, 0.2) is 12.7 Å². The second kappa shape index (κ2) is 12.0. The van der Waals surface area contributed by atoms with E-state index in [-0.39, 0.29) is 25.5 Å². The van der Waals surface area contributed by atoms with Crippen LogP contribution in [0.5, 0.6) is 0 Å². The molecule has 0 bridgehead atoms. The van der Waals surface area contributed by atoms with E-state index in [1.165, 1.54) is 12.8 Å². The van der Waals surface area contributed by atoms with Gasteiger partial charge in [-0.25, -0.2) is 0 Å². The van der Waals surface area contributed by atoms with Gasteiger partial charge < -0.3 is 5.11 Å². The van der Waals surface area contributed by atoms with Crippen molar-refractivity contribution in [1.82, 2.24) is 0 Å². The largest absolute Gasteiger partial charge is 1.00 e. The van der Waals surface area contributed by atoms with E-state index in [0.717, 1.165) is 19.3 Å². The summed E-state index contributed by atoms with van der Waals surface area (Å²) < 4.78 is 0. The summed E-state index contributed by atoms with van der Waals surface area (Å²) in [4.78, 5) is 0. The van der Waals surface area contributed by atoms with Gasteiger partial charge >= 0.3 is 18.9 Å². The molecule has 2 heteroatoms. The summed E-state index contributed by atoms with van der Waals surface area (Å²) in [7, 11) is 0. The van der Waals surface area contributed by atoms with Crippen LogP contribution < -0.4 is 24.0 Å². The Morgan fingerprint density at radius 3 is 2.20 bits per heavy atom. The zero-order valence-electron chi connectivity index (χ0n) is 6.94. The van der Waals surface area contributed by atoms with Crippen LogP contribution in [-0.4, -0.2) is 6.61 Å². The number of unbranched alkanes of at least 4 members (excludes halogenated alkanes) is 4. The van der Waals surface area contributed by atoms with Gasteiger partial charge in [-0.3, -0.25) is 0 Å². The summed E-state index contributed by atoms with van der Waals surface area (Å²) in [5.74, 6) is 0. The standard InChI is InChI=1S/C8H15O.Li/c1-2-3-4-5-6-7-8-9;/h2H,1,3-8H2;/q-1;+1. The summed E-state index contributed by atoms with van der Waals surface area (Å²) in [5.41, 5.74) is 0. The maximum absolute atomic E-state index is 9.94. The Balaban J connectivity index is 0. The van der Waals surface area contributed by atoms with Crippen molar-refractivity contribution in [2.75, 3.05) is 6.61 Å². The van der Waals surface area contributed by atoms with E-state index in [9.17, 15) is 5.11 Å². The third-order valence-electron chi connectivity index (χ3n) is 1.30. The summed E-state index contributed by atoms with van der Waals surface area (Å²) >= 11 is 0. The van der Waals surface area contributed by atoms with Crippen LogP contribution in [-0.2, 0) is 0 Å². The minimum absolute atomic E-state index is 0. The molecule has 1 nitrogen and oxygen atoms in total. The van der Waals surface area contributed by atoms with E-state index >= 15 is 0 Å². The number of hydrogen-bond donors (Lipinski definition) is 0. The summed E-state index contributed by atoms with van der Waals surface area (Å²) in [6.07, 6.45) is 7.35. The first-order chi connectivity index (χ1) is 4.41. The van der Waals surface area contributed by atoms with E-state index in [1.807, 2.05) is 6.08 Å². The van der Waals surface area contributed by atoms with Crippen molar-refractivity contribution in [3.8, 4) is 0 Å². The third kappa shape index (κ3) is 11.1. The van der Waals surface area contributed by atoms with Crippen LogP contribution in [0.1, 0.15) is 32.1 Å². The zero-order chi connectivity index (χ0) is 6.95. The molecule has 0 aliphatic carbocycles. The Morgan fingerprint density at radius 2 is 1.70 bits per heavy atom. The van der Waals surface area contributed by atoms with Crippen molar-refractivity contribution in [3.63, 3.8) is 0 Å². The summed E-state index contributed by atoms with van der Waals surface area (Å²) in [6.45, 7) is 3.71. The van der Waals surface area contributed by atoms with Gasteiger partial charge in [-0.05, 0) is 12.8 Å². The van der Waals surface area contributed by atoms with Gasteiger partial charge in [0.2, 0.25) is 0 Å². The van der Waals surface area contributed by atoms with Crippen LogP contribution in [0, 0.1) is 0 Å². The molecule has 10 heavy (non-hydrogen) atoms. The maximum atomic E-state index is 9.94. The third-order valence-corrected chi connectivity index (χ3v) is 1.30. The predicted octanol–water partition coefficient (Wildman–Crippen LogP) is -1.51. The minimum Gasteiger partial charge on any atom is -0.854 e. The van der Waals surface area contributed by atoms with Gasteiger partial charge in [0.05, 0.1) is 0 Å². The molecule has 0 aromatic rings. The molecular formula is C8H15LiO. The van der Waals surface area contributed by atoms with Crippen molar-refractivity contribution in [1.29, 1.82) is 0 Å². The molecule has 0 saturated carbocycles. The van der Waals surface area contributed by atoms with E-state index in [2.05, 4.69) is 6.58 Å². The van der Waals surface area contributed by atoms with Crippen molar-refractivity contribution >= 4 is 0 Å². The maximum Gasteiger partial charge on any atom is 1.00 e. The van der Waals surface area contributed by atoms with E-state index in [0.29, 0.717) is 0 Å². The van der Waals surface area contributed by atoms with Gasteiger partial charge in [0, 0.05) is 0 Å². The molecule has 0 saturated heterocycles. The molecule has 0 amide bonds. The second-order valence-electron chi connectivity index (χ2n) is 2.20. The zero-order valence-corrected chi connectivity index (χ0v) is 6.94. The van der Waals surface area contributed by atoms with Crippen LogP contribution in [0.2, 0.25) is 0 Å². The Kier molecular flexibility index (Phi) is 15.5. The smallest absolute Gasteiger partial charge is 0.854 e. The van der Waals surface area contributed by atoms with Gasteiger partial charge in [-0.15, -0.1) is 13.2 Å². The van der Waals surface area contributed by atoms with Gasteiger partial charge in [-0.1, -0.05) is 25.3 Å². The quantitative estimate of drug-likeness (QED) is 0.246. The Bertz CT molecular complexity index is 64.3. The molecular weight excluding hydrogens is 119 g/mol. The molecule has 0 N–H and O–H groups in total. The SMILES string of the molecule is C=CCCCCCC[O-].[Li+]. The first-order valence-electron chi connectivity index (χ1n) is 3.61. The van der Waals surface area contributed by atoms with Crippen LogP contribution in [0.25, 0.3) is 0 Å². The molecule has 0 fully saturated rings. The van der Waals surface area contributed by atoms with Crippen molar-refractivity contribution in [2.45, 2.75) is 32.1 Å². The average molecular weight is 134 g/mol. The molecule has 0 aromatic carbocycles. The van der Waals surface area contributed by atoms with Gasteiger partial charge in [0.1, 0.15) is 0 Å². The number of rotatable bonds is 6. The Labute approximate surface area is 75.7 Å². The molecule has 0 rings (SSSR count). The fourth-order valence-electron chi connectivity index (χ4n) is 0.744. The topological polar surface area (TPSA) is 23.1 Å². The normalized spacial score (nSPS) is 8.50. The number of allylic oxidation sites excluding steroid dienone is 1. The molecule has 0 aromatic heterocycles. The molecule has 54 valence electrons. The molecule has 0 radical (unpaired) electrons. The van der Waals surface area contributed by atoms with Crippen LogP contribution >= 0.6 is 0 Å². The minimum atomic E-state index is 0. The molecule has 0 unspecified atom stereocenters. The van der Waals surface area contributed by atoms with Gasteiger partial charge in [-0.2, -0.15) is 0 Å². The fraction of sp³-hybridized carbons (Fsp3) is 0.750. The van der Waals surface area contributed by atoms with Crippen LogP contribution in [0.3, 0.4) is 0 Å². The first-order valence-corrected chi connectivity index (χ1v) is 3.61. The van der Waals surface area contributed by atoms with E-state index < -0.39 is 0 Å². The van der Waals surface area contributed by atoms with Crippen molar-refractivity contribution < 1.29 is 24.0 Å².